The zero-order valence-electron chi connectivity index (χ0n) is 22.7. The maximum Gasteiger partial charge on any atom is 0.239 e. The average Bonchev–Trinajstić information content (AvgIpc) is 2.77. The van der Waals surface area contributed by atoms with E-state index in [9.17, 15) is 0 Å². The van der Waals surface area contributed by atoms with Crippen LogP contribution in [-0.4, -0.2) is 4.98 Å². The van der Waals surface area contributed by atoms with Crippen LogP contribution < -0.4 is 4.57 Å². The topological polar surface area (TPSA) is 16.8 Å². The first-order chi connectivity index (χ1) is 16.6. The molecule has 180 valence electrons. The van der Waals surface area contributed by atoms with Crippen LogP contribution in [0.4, 0.5) is 0 Å². The van der Waals surface area contributed by atoms with E-state index in [-0.39, 0.29) is 5.41 Å². The summed E-state index contributed by atoms with van der Waals surface area (Å²) in [4.78, 5) is 5.34. The van der Waals surface area contributed by atoms with E-state index >= 15 is 0 Å². The minimum Gasteiger partial charge on any atom is -0.234 e. The Morgan fingerprint density at radius 2 is 1.43 bits per heavy atom. The molecule has 2 nitrogen and oxygen atoms in total. The summed E-state index contributed by atoms with van der Waals surface area (Å²) in [7, 11) is 2.17. The third kappa shape index (κ3) is 5.07. The minimum atomic E-state index is 0.0623. The van der Waals surface area contributed by atoms with Crippen molar-refractivity contribution in [2.75, 3.05) is 0 Å². The summed E-state index contributed by atoms with van der Waals surface area (Å²) in [5.41, 5.74) is 13.5. The number of aromatic nitrogens is 2. The highest BCUT2D eigenvalue weighted by Crippen LogP contribution is 2.41. The fourth-order valence-electron chi connectivity index (χ4n) is 5.80. The standard InChI is InChI=1S/C33H39N2/c1-9-15-33(6,7)30-25(5)17-24(4)20-28(30)32-31(27-18-22(2)16-23(3)19-27)34-29(21-35(32)8)26-13-11-10-12-14-26/h10-14,16-21H,9,15H2,1-8H3/q+1. The predicted molar refractivity (Wildman–Crippen MR) is 149 cm³/mol. The Bertz CT molecular complexity index is 1340. The molecule has 0 aliphatic heterocycles. The molecule has 0 aliphatic rings. The van der Waals surface area contributed by atoms with Crippen molar-refractivity contribution in [1.29, 1.82) is 0 Å². The number of aryl methyl sites for hydroxylation is 5. The van der Waals surface area contributed by atoms with E-state index in [1.165, 1.54) is 44.6 Å². The van der Waals surface area contributed by atoms with Gasteiger partial charge in [-0.1, -0.05) is 86.3 Å². The molecule has 0 saturated carbocycles. The van der Waals surface area contributed by atoms with Crippen molar-refractivity contribution in [3.8, 4) is 33.8 Å². The van der Waals surface area contributed by atoms with Crippen molar-refractivity contribution < 1.29 is 4.57 Å². The van der Waals surface area contributed by atoms with E-state index in [1.807, 2.05) is 0 Å². The van der Waals surface area contributed by atoms with Crippen molar-refractivity contribution in [3.63, 3.8) is 0 Å². The molecule has 0 N–H and O–H groups in total. The Morgan fingerprint density at radius 1 is 0.800 bits per heavy atom. The van der Waals surface area contributed by atoms with Gasteiger partial charge in [-0.05, 0) is 68.9 Å². The first kappa shape index (κ1) is 24.9. The van der Waals surface area contributed by atoms with Crippen LogP contribution in [0.2, 0.25) is 0 Å². The van der Waals surface area contributed by atoms with E-state index in [0.717, 1.165) is 29.8 Å². The average molecular weight is 464 g/mol. The third-order valence-corrected chi connectivity index (χ3v) is 6.98. The Hall–Kier alpha value is -3.26. The Balaban J connectivity index is 2.11. The van der Waals surface area contributed by atoms with Gasteiger partial charge in [0.15, 0.2) is 6.20 Å². The highest BCUT2D eigenvalue weighted by Gasteiger charge is 2.31. The van der Waals surface area contributed by atoms with Crippen molar-refractivity contribution in [1.82, 2.24) is 4.98 Å². The first-order valence-corrected chi connectivity index (χ1v) is 12.8. The summed E-state index contributed by atoms with van der Waals surface area (Å²) in [6.07, 6.45) is 4.48. The van der Waals surface area contributed by atoms with Crippen LogP contribution in [0.1, 0.15) is 61.4 Å². The van der Waals surface area contributed by atoms with Crippen molar-refractivity contribution in [2.45, 2.75) is 66.7 Å². The first-order valence-electron chi connectivity index (χ1n) is 12.8. The summed E-state index contributed by atoms with van der Waals surface area (Å²) >= 11 is 0. The zero-order valence-corrected chi connectivity index (χ0v) is 22.7. The van der Waals surface area contributed by atoms with Gasteiger partial charge in [-0.25, -0.2) is 4.98 Å². The van der Waals surface area contributed by atoms with Crippen molar-refractivity contribution in [3.05, 3.63) is 94.7 Å². The lowest BCUT2D eigenvalue weighted by Gasteiger charge is -2.29. The molecule has 0 amide bonds. The molecule has 1 aromatic heterocycles. The van der Waals surface area contributed by atoms with Crippen LogP contribution in [-0.2, 0) is 12.5 Å². The summed E-state index contributed by atoms with van der Waals surface area (Å²) in [5, 5.41) is 0. The lowest BCUT2D eigenvalue weighted by molar-refractivity contribution is -0.659. The van der Waals surface area contributed by atoms with Crippen LogP contribution in [0.3, 0.4) is 0 Å². The third-order valence-electron chi connectivity index (χ3n) is 6.98. The number of nitrogens with zero attached hydrogens (tertiary/aromatic N) is 2. The molecular formula is C33H39N2+. The number of hydrogen-bond acceptors (Lipinski definition) is 1. The largest absolute Gasteiger partial charge is 0.239 e. The second-order valence-electron chi connectivity index (χ2n) is 10.8. The number of hydrogen-bond donors (Lipinski definition) is 0. The highest BCUT2D eigenvalue weighted by atomic mass is 15.0. The lowest BCUT2D eigenvalue weighted by Crippen LogP contribution is -2.34. The van der Waals surface area contributed by atoms with Crippen LogP contribution in [0.15, 0.2) is 66.9 Å². The Kier molecular flexibility index (Phi) is 6.94. The fraction of sp³-hybridized carbons (Fsp3) is 0.333. The normalized spacial score (nSPS) is 11.7. The molecule has 2 heteroatoms. The minimum absolute atomic E-state index is 0.0623. The van der Waals surface area contributed by atoms with Gasteiger partial charge in [0.2, 0.25) is 5.69 Å². The smallest absolute Gasteiger partial charge is 0.234 e. The van der Waals surface area contributed by atoms with Gasteiger partial charge in [0.1, 0.15) is 18.4 Å². The second-order valence-corrected chi connectivity index (χ2v) is 10.8. The van der Waals surface area contributed by atoms with Gasteiger partial charge in [-0.3, -0.25) is 0 Å². The SMILES string of the molecule is CCCC(C)(C)c1c(C)cc(C)cc1-c1c(-c2cc(C)cc(C)c2)nc(-c2ccccc2)c[n+]1C. The number of benzene rings is 3. The van der Waals surface area contributed by atoms with Crippen LogP contribution >= 0.6 is 0 Å². The van der Waals surface area contributed by atoms with E-state index in [2.05, 4.69) is 127 Å². The van der Waals surface area contributed by atoms with Gasteiger partial charge in [-0.15, -0.1) is 0 Å². The lowest BCUT2D eigenvalue weighted by atomic mass is 9.74. The maximum absolute atomic E-state index is 5.34. The van der Waals surface area contributed by atoms with Crippen LogP contribution in [0, 0.1) is 27.7 Å². The van der Waals surface area contributed by atoms with E-state index in [1.54, 1.807) is 0 Å². The van der Waals surface area contributed by atoms with Gasteiger partial charge in [-0.2, -0.15) is 4.57 Å². The molecule has 0 bridgehead atoms. The highest BCUT2D eigenvalue weighted by molar-refractivity contribution is 5.81. The molecule has 0 spiro atoms. The quantitative estimate of drug-likeness (QED) is 0.263. The van der Waals surface area contributed by atoms with Gasteiger partial charge in [0.25, 0.3) is 0 Å². The van der Waals surface area contributed by atoms with E-state index < -0.39 is 0 Å². The van der Waals surface area contributed by atoms with Crippen LogP contribution in [0.25, 0.3) is 33.8 Å². The molecule has 35 heavy (non-hydrogen) atoms. The molecule has 4 rings (SSSR count). The molecular weight excluding hydrogens is 424 g/mol. The zero-order chi connectivity index (χ0) is 25.3. The molecule has 0 saturated heterocycles. The van der Waals surface area contributed by atoms with Gasteiger partial charge < -0.3 is 0 Å². The Labute approximate surface area is 211 Å². The van der Waals surface area contributed by atoms with Gasteiger partial charge in [0.05, 0.1) is 5.56 Å². The molecule has 3 aromatic carbocycles. The number of rotatable bonds is 6. The monoisotopic (exact) mass is 463 g/mol. The molecule has 0 atom stereocenters. The predicted octanol–water partition coefficient (Wildman–Crippen LogP) is 8.22. The molecule has 0 aliphatic carbocycles. The summed E-state index contributed by atoms with van der Waals surface area (Å²) in [5.74, 6) is 0. The summed E-state index contributed by atoms with van der Waals surface area (Å²) in [6.45, 7) is 15.9. The molecule has 0 fully saturated rings. The Morgan fingerprint density at radius 3 is 2.06 bits per heavy atom. The fourth-order valence-corrected chi connectivity index (χ4v) is 5.80. The van der Waals surface area contributed by atoms with Crippen LogP contribution in [0.5, 0.6) is 0 Å². The summed E-state index contributed by atoms with van der Waals surface area (Å²) in [6, 6.07) is 22.0. The maximum atomic E-state index is 5.34. The molecule has 4 aromatic rings. The van der Waals surface area contributed by atoms with Gasteiger partial charge >= 0.3 is 0 Å². The summed E-state index contributed by atoms with van der Waals surface area (Å²) < 4.78 is 2.29. The van der Waals surface area contributed by atoms with Gasteiger partial charge in [0, 0.05) is 11.1 Å². The van der Waals surface area contributed by atoms with E-state index in [4.69, 9.17) is 4.98 Å². The second kappa shape index (κ2) is 9.77. The molecule has 0 unspecified atom stereocenters. The van der Waals surface area contributed by atoms with E-state index in [0.29, 0.717) is 0 Å². The molecule has 1 heterocycles. The van der Waals surface area contributed by atoms with Crippen molar-refractivity contribution in [2.24, 2.45) is 7.05 Å². The molecule has 0 radical (unpaired) electrons. The van der Waals surface area contributed by atoms with Crippen molar-refractivity contribution >= 4 is 0 Å².